The van der Waals surface area contributed by atoms with Crippen molar-refractivity contribution < 1.29 is 19.4 Å². The summed E-state index contributed by atoms with van der Waals surface area (Å²) in [6, 6.07) is 11.0. The molecule has 0 aromatic heterocycles. The van der Waals surface area contributed by atoms with Crippen molar-refractivity contribution in [3.63, 3.8) is 0 Å². The van der Waals surface area contributed by atoms with Crippen molar-refractivity contribution >= 4 is 34.6 Å². The number of nitro groups is 2. The maximum atomic E-state index is 11.9. The van der Waals surface area contributed by atoms with Crippen LogP contribution in [0.1, 0.15) is 6.42 Å². The van der Waals surface area contributed by atoms with Gasteiger partial charge in [0.2, 0.25) is 11.8 Å². The standard InChI is InChI=1S/C15H12N4O6/c20-14(16-10-5-1-3-7-12(10)18(22)23)9-15(21)17-11-6-2-4-8-13(11)19(24)25/h1-8H,9H2,(H,16,20)(H,17,21). The molecule has 0 bridgehead atoms. The molecule has 2 amide bonds. The molecule has 0 heterocycles. The van der Waals surface area contributed by atoms with E-state index in [0.29, 0.717) is 0 Å². The summed E-state index contributed by atoms with van der Waals surface area (Å²) in [7, 11) is 0. The van der Waals surface area contributed by atoms with Gasteiger partial charge < -0.3 is 10.6 Å². The smallest absolute Gasteiger partial charge is 0.292 e. The summed E-state index contributed by atoms with van der Waals surface area (Å²) in [6.07, 6.45) is -0.655. The number of nitrogens with one attached hydrogen (secondary N) is 2. The van der Waals surface area contributed by atoms with Gasteiger partial charge in [0.25, 0.3) is 11.4 Å². The van der Waals surface area contributed by atoms with Crippen LogP contribution >= 0.6 is 0 Å². The molecular formula is C15H12N4O6. The average Bonchev–Trinajstić information content (AvgIpc) is 2.55. The van der Waals surface area contributed by atoms with Gasteiger partial charge in [-0.25, -0.2) is 0 Å². The van der Waals surface area contributed by atoms with E-state index < -0.39 is 28.1 Å². The highest BCUT2D eigenvalue weighted by Gasteiger charge is 2.19. The van der Waals surface area contributed by atoms with E-state index in [1.54, 1.807) is 0 Å². The van der Waals surface area contributed by atoms with Crippen LogP contribution in [0, 0.1) is 20.2 Å². The molecule has 0 spiro atoms. The molecule has 10 heteroatoms. The van der Waals surface area contributed by atoms with Crippen LogP contribution in [0.4, 0.5) is 22.7 Å². The molecule has 2 aromatic carbocycles. The van der Waals surface area contributed by atoms with Crippen LogP contribution in [-0.2, 0) is 9.59 Å². The summed E-state index contributed by atoms with van der Waals surface area (Å²) < 4.78 is 0. The normalized spacial score (nSPS) is 9.92. The van der Waals surface area contributed by atoms with E-state index in [4.69, 9.17) is 0 Å². The molecular weight excluding hydrogens is 332 g/mol. The summed E-state index contributed by atoms with van der Waals surface area (Å²) in [4.78, 5) is 44.2. The van der Waals surface area contributed by atoms with E-state index in [9.17, 15) is 29.8 Å². The van der Waals surface area contributed by atoms with Gasteiger partial charge in [-0.15, -0.1) is 0 Å². The van der Waals surface area contributed by atoms with E-state index in [1.165, 1.54) is 48.5 Å². The second-order valence-electron chi connectivity index (χ2n) is 4.82. The van der Waals surface area contributed by atoms with Gasteiger partial charge in [0.05, 0.1) is 9.85 Å². The van der Waals surface area contributed by atoms with Gasteiger partial charge in [0.1, 0.15) is 17.8 Å². The maximum absolute atomic E-state index is 11.9. The quantitative estimate of drug-likeness (QED) is 0.468. The van der Waals surface area contributed by atoms with Crippen LogP contribution in [0.15, 0.2) is 48.5 Å². The molecule has 128 valence electrons. The summed E-state index contributed by atoms with van der Waals surface area (Å²) in [5.74, 6) is -1.57. The van der Waals surface area contributed by atoms with Gasteiger partial charge in [-0.1, -0.05) is 24.3 Å². The number of para-hydroxylation sites is 4. The fourth-order valence-corrected chi connectivity index (χ4v) is 2.01. The van der Waals surface area contributed by atoms with E-state index >= 15 is 0 Å². The topological polar surface area (TPSA) is 144 Å². The minimum Gasteiger partial charge on any atom is -0.320 e. The number of rotatable bonds is 6. The Morgan fingerprint density at radius 2 is 1.12 bits per heavy atom. The zero-order valence-corrected chi connectivity index (χ0v) is 12.7. The number of amides is 2. The lowest BCUT2D eigenvalue weighted by molar-refractivity contribution is -0.384. The largest absolute Gasteiger partial charge is 0.320 e. The molecule has 0 aliphatic heterocycles. The van der Waals surface area contributed by atoms with Crippen molar-refractivity contribution in [3.05, 3.63) is 68.8 Å². The van der Waals surface area contributed by atoms with E-state index in [1.807, 2.05) is 0 Å². The van der Waals surface area contributed by atoms with Crippen molar-refractivity contribution in [3.8, 4) is 0 Å². The number of anilines is 2. The highest BCUT2D eigenvalue weighted by Crippen LogP contribution is 2.24. The van der Waals surface area contributed by atoms with Gasteiger partial charge in [0, 0.05) is 12.1 Å². The maximum Gasteiger partial charge on any atom is 0.292 e. The van der Waals surface area contributed by atoms with Crippen LogP contribution in [0.25, 0.3) is 0 Å². The molecule has 0 fully saturated rings. The molecule has 2 rings (SSSR count). The average molecular weight is 344 g/mol. The van der Waals surface area contributed by atoms with Crippen molar-refractivity contribution in [1.82, 2.24) is 0 Å². The minimum absolute atomic E-state index is 0.0454. The number of hydrogen-bond donors (Lipinski definition) is 2. The first-order valence-corrected chi connectivity index (χ1v) is 6.95. The Balaban J connectivity index is 2.03. The lowest BCUT2D eigenvalue weighted by Crippen LogP contribution is -2.22. The SMILES string of the molecule is O=C(CC(=O)Nc1ccccc1[N+](=O)[O-])Nc1ccccc1[N+](=O)[O-]. The van der Waals surface area contributed by atoms with Gasteiger partial charge in [0.15, 0.2) is 0 Å². The summed E-state index contributed by atoms with van der Waals surface area (Å²) >= 11 is 0. The minimum atomic E-state index is -0.787. The molecule has 0 saturated heterocycles. The predicted molar refractivity (Wildman–Crippen MR) is 88.1 cm³/mol. The monoisotopic (exact) mass is 344 g/mol. The lowest BCUT2D eigenvalue weighted by Gasteiger charge is -2.07. The second kappa shape index (κ2) is 7.64. The molecule has 0 radical (unpaired) electrons. The van der Waals surface area contributed by atoms with Crippen LogP contribution in [0.3, 0.4) is 0 Å². The first-order valence-electron chi connectivity index (χ1n) is 6.95. The number of hydrogen-bond acceptors (Lipinski definition) is 6. The molecule has 25 heavy (non-hydrogen) atoms. The fraction of sp³-hybridized carbons (Fsp3) is 0.0667. The summed E-state index contributed by atoms with van der Waals surface area (Å²) in [5, 5.41) is 26.3. The molecule has 0 saturated carbocycles. The molecule has 0 atom stereocenters. The van der Waals surface area contributed by atoms with Crippen LogP contribution in [-0.4, -0.2) is 21.7 Å². The Hall–Kier alpha value is -3.82. The molecule has 0 aliphatic carbocycles. The van der Waals surface area contributed by atoms with Gasteiger partial charge in [-0.05, 0) is 12.1 Å². The number of nitrogens with zero attached hydrogens (tertiary/aromatic N) is 2. The Morgan fingerprint density at radius 1 is 0.760 bits per heavy atom. The Kier molecular flexibility index (Phi) is 5.36. The Labute approximate surface area is 140 Å². The zero-order chi connectivity index (χ0) is 18.4. The number of nitro benzene ring substituents is 2. The van der Waals surface area contributed by atoms with Crippen molar-refractivity contribution in [1.29, 1.82) is 0 Å². The first kappa shape index (κ1) is 17.5. The Morgan fingerprint density at radius 3 is 1.48 bits per heavy atom. The lowest BCUT2D eigenvalue weighted by atomic mass is 10.2. The van der Waals surface area contributed by atoms with Crippen molar-refractivity contribution in [2.75, 3.05) is 10.6 Å². The zero-order valence-electron chi connectivity index (χ0n) is 12.7. The molecule has 0 aliphatic rings. The van der Waals surface area contributed by atoms with E-state index in [2.05, 4.69) is 10.6 Å². The Bertz CT molecular complexity index is 782. The third-order valence-electron chi connectivity index (χ3n) is 3.07. The highest BCUT2D eigenvalue weighted by molar-refractivity contribution is 6.09. The second-order valence-corrected chi connectivity index (χ2v) is 4.82. The molecule has 2 aromatic rings. The summed E-state index contributed by atoms with van der Waals surface area (Å²) in [6.45, 7) is 0. The van der Waals surface area contributed by atoms with Gasteiger partial charge in [-0.2, -0.15) is 0 Å². The van der Waals surface area contributed by atoms with Crippen LogP contribution < -0.4 is 10.6 Å². The first-order chi connectivity index (χ1) is 11.9. The van der Waals surface area contributed by atoms with E-state index in [0.717, 1.165) is 0 Å². The van der Waals surface area contributed by atoms with Gasteiger partial charge in [-0.3, -0.25) is 29.8 Å². The van der Waals surface area contributed by atoms with Crippen LogP contribution in [0.5, 0.6) is 0 Å². The highest BCUT2D eigenvalue weighted by atomic mass is 16.6. The summed E-state index contributed by atoms with van der Waals surface area (Å²) in [5.41, 5.74) is -0.711. The van der Waals surface area contributed by atoms with Crippen molar-refractivity contribution in [2.45, 2.75) is 6.42 Å². The fourth-order valence-electron chi connectivity index (χ4n) is 2.01. The molecule has 2 N–H and O–H groups in total. The molecule has 0 unspecified atom stereocenters. The predicted octanol–water partition coefficient (Wildman–Crippen LogP) is 2.47. The third-order valence-corrected chi connectivity index (χ3v) is 3.07. The van der Waals surface area contributed by atoms with E-state index in [-0.39, 0.29) is 22.7 Å². The molecule has 10 nitrogen and oxygen atoms in total. The van der Waals surface area contributed by atoms with Gasteiger partial charge >= 0.3 is 0 Å². The number of carbonyl (C=O) groups excluding carboxylic acids is 2. The number of carbonyl (C=O) groups is 2. The third kappa shape index (κ3) is 4.58. The van der Waals surface area contributed by atoms with Crippen molar-refractivity contribution in [2.24, 2.45) is 0 Å². The number of benzene rings is 2. The van der Waals surface area contributed by atoms with Crippen LogP contribution in [0.2, 0.25) is 0 Å².